The molecule has 1 aliphatic rings. The SMILES string of the molecule is COc1ccccc1N1CCN(C(=O)NCCOc2cc(C)ccc2C)CC1. The van der Waals surface area contributed by atoms with Crippen molar-refractivity contribution in [2.24, 2.45) is 0 Å². The van der Waals surface area contributed by atoms with Crippen LogP contribution in [-0.2, 0) is 0 Å². The van der Waals surface area contributed by atoms with Gasteiger partial charge < -0.3 is 24.6 Å². The number of aryl methyl sites for hydroxylation is 2. The molecule has 0 aliphatic carbocycles. The summed E-state index contributed by atoms with van der Waals surface area (Å²) in [5.41, 5.74) is 3.34. The highest BCUT2D eigenvalue weighted by molar-refractivity contribution is 5.74. The molecular weight excluding hydrogens is 354 g/mol. The lowest BCUT2D eigenvalue weighted by Gasteiger charge is -2.36. The van der Waals surface area contributed by atoms with Crippen molar-refractivity contribution in [3.05, 3.63) is 53.6 Å². The predicted octanol–water partition coefficient (Wildman–Crippen LogP) is 3.22. The number of benzene rings is 2. The monoisotopic (exact) mass is 383 g/mol. The van der Waals surface area contributed by atoms with Crippen LogP contribution in [0.5, 0.6) is 11.5 Å². The van der Waals surface area contributed by atoms with Gasteiger partial charge in [0.25, 0.3) is 0 Å². The summed E-state index contributed by atoms with van der Waals surface area (Å²) >= 11 is 0. The maximum absolute atomic E-state index is 12.4. The Morgan fingerprint density at radius 3 is 2.54 bits per heavy atom. The van der Waals surface area contributed by atoms with Crippen molar-refractivity contribution in [3.8, 4) is 11.5 Å². The molecule has 0 aromatic heterocycles. The molecule has 2 aromatic rings. The summed E-state index contributed by atoms with van der Waals surface area (Å²) in [4.78, 5) is 16.5. The molecule has 0 spiro atoms. The van der Waals surface area contributed by atoms with Crippen LogP contribution in [0.3, 0.4) is 0 Å². The van der Waals surface area contributed by atoms with E-state index in [4.69, 9.17) is 9.47 Å². The number of piperazine rings is 1. The second kappa shape index (κ2) is 9.35. The van der Waals surface area contributed by atoms with Crippen LogP contribution < -0.4 is 19.7 Å². The van der Waals surface area contributed by atoms with Crippen molar-refractivity contribution in [1.29, 1.82) is 0 Å². The standard InChI is InChI=1S/C22H29N3O3/c1-17-8-9-18(2)21(16-17)28-15-10-23-22(26)25-13-11-24(12-14-25)19-6-4-5-7-20(19)27-3/h4-9,16H,10-15H2,1-3H3,(H,23,26). The van der Waals surface area contributed by atoms with E-state index >= 15 is 0 Å². The Hall–Kier alpha value is -2.89. The fourth-order valence-corrected chi connectivity index (χ4v) is 3.34. The van der Waals surface area contributed by atoms with Gasteiger partial charge in [0.05, 0.1) is 19.3 Å². The highest BCUT2D eigenvalue weighted by Gasteiger charge is 2.22. The number of nitrogens with zero attached hydrogens (tertiary/aromatic N) is 2. The molecule has 1 heterocycles. The first kappa shape index (κ1) is 19.9. The number of urea groups is 1. The number of methoxy groups -OCH3 is 1. The van der Waals surface area contributed by atoms with E-state index in [1.807, 2.05) is 49.1 Å². The highest BCUT2D eigenvalue weighted by atomic mass is 16.5. The van der Waals surface area contributed by atoms with Crippen molar-refractivity contribution in [1.82, 2.24) is 10.2 Å². The second-order valence-electron chi connectivity index (χ2n) is 7.00. The number of anilines is 1. The third-order valence-corrected chi connectivity index (χ3v) is 4.97. The van der Waals surface area contributed by atoms with Gasteiger partial charge in [0.2, 0.25) is 0 Å². The van der Waals surface area contributed by atoms with E-state index < -0.39 is 0 Å². The van der Waals surface area contributed by atoms with Crippen LogP contribution in [-0.4, -0.2) is 57.4 Å². The Labute approximate surface area is 167 Å². The van der Waals surface area contributed by atoms with Gasteiger partial charge in [-0.2, -0.15) is 0 Å². The first-order chi connectivity index (χ1) is 13.6. The smallest absolute Gasteiger partial charge is 0.317 e. The lowest BCUT2D eigenvalue weighted by atomic mass is 10.1. The Bertz CT molecular complexity index is 801. The Balaban J connectivity index is 1.42. The first-order valence-corrected chi connectivity index (χ1v) is 9.69. The fraction of sp³-hybridized carbons (Fsp3) is 0.409. The maximum Gasteiger partial charge on any atom is 0.317 e. The predicted molar refractivity (Wildman–Crippen MR) is 112 cm³/mol. The highest BCUT2D eigenvalue weighted by Crippen LogP contribution is 2.28. The van der Waals surface area contributed by atoms with E-state index in [0.29, 0.717) is 26.2 Å². The van der Waals surface area contributed by atoms with Crippen molar-refractivity contribution in [3.63, 3.8) is 0 Å². The molecule has 3 rings (SSSR count). The Morgan fingerprint density at radius 2 is 1.79 bits per heavy atom. The molecule has 28 heavy (non-hydrogen) atoms. The summed E-state index contributed by atoms with van der Waals surface area (Å²) < 4.78 is 11.2. The quantitative estimate of drug-likeness (QED) is 0.778. The van der Waals surface area contributed by atoms with Gasteiger partial charge >= 0.3 is 6.03 Å². The summed E-state index contributed by atoms with van der Waals surface area (Å²) in [6.45, 7) is 7.94. The van der Waals surface area contributed by atoms with Crippen molar-refractivity contribution in [2.45, 2.75) is 13.8 Å². The van der Waals surface area contributed by atoms with Crippen LogP contribution in [0.1, 0.15) is 11.1 Å². The largest absolute Gasteiger partial charge is 0.495 e. The molecule has 1 saturated heterocycles. The van der Waals surface area contributed by atoms with Gasteiger partial charge in [-0.05, 0) is 43.2 Å². The number of ether oxygens (including phenoxy) is 2. The average Bonchev–Trinajstić information content (AvgIpc) is 2.73. The van der Waals surface area contributed by atoms with E-state index in [0.717, 1.165) is 41.4 Å². The number of carbonyl (C=O) groups is 1. The van der Waals surface area contributed by atoms with Crippen LogP contribution in [0.25, 0.3) is 0 Å². The average molecular weight is 383 g/mol. The minimum Gasteiger partial charge on any atom is -0.495 e. The van der Waals surface area contributed by atoms with Crippen LogP contribution in [0.2, 0.25) is 0 Å². The van der Waals surface area contributed by atoms with Crippen molar-refractivity contribution >= 4 is 11.7 Å². The fourth-order valence-electron chi connectivity index (χ4n) is 3.34. The number of para-hydroxylation sites is 2. The van der Waals surface area contributed by atoms with Crippen LogP contribution in [0, 0.1) is 13.8 Å². The summed E-state index contributed by atoms with van der Waals surface area (Å²) in [6.07, 6.45) is 0. The molecule has 0 unspecified atom stereocenters. The van der Waals surface area contributed by atoms with Gasteiger partial charge in [0.1, 0.15) is 18.1 Å². The topological polar surface area (TPSA) is 54.0 Å². The third-order valence-electron chi connectivity index (χ3n) is 4.97. The zero-order valence-electron chi connectivity index (χ0n) is 16.9. The lowest BCUT2D eigenvalue weighted by molar-refractivity contribution is 0.191. The summed E-state index contributed by atoms with van der Waals surface area (Å²) in [6, 6.07) is 14.1. The Kier molecular flexibility index (Phi) is 6.63. The maximum atomic E-state index is 12.4. The molecule has 6 heteroatoms. The lowest BCUT2D eigenvalue weighted by Crippen LogP contribution is -2.52. The molecule has 1 N–H and O–H groups in total. The normalized spacial score (nSPS) is 14.0. The number of nitrogens with one attached hydrogen (secondary N) is 1. The molecular formula is C22H29N3O3. The molecule has 6 nitrogen and oxygen atoms in total. The van der Waals surface area contributed by atoms with Crippen LogP contribution in [0.4, 0.5) is 10.5 Å². The van der Waals surface area contributed by atoms with E-state index in [2.05, 4.69) is 22.3 Å². The molecule has 2 amide bonds. The second-order valence-corrected chi connectivity index (χ2v) is 7.00. The third kappa shape index (κ3) is 4.88. The van der Waals surface area contributed by atoms with E-state index in [1.165, 1.54) is 0 Å². The molecule has 0 radical (unpaired) electrons. The Morgan fingerprint density at radius 1 is 1.04 bits per heavy atom. The van der Waals surface area contributed by atoms with E-state index in [-0.39, 0.29) is 6.03 Å². The van der Waals surface area contributed by atoms with E-state index in [9.17, 15) is 4.79 Å². The number of carbonyl (C=O) groups excluding carboxylic acids is 1. The zero-order chi connectivity index (χ0) is 19.9. The molecule has 0 saturated carbocycles. The summed E-state index contributed by atoms with van der Waals surface area (Å²) in [5, 5.41) is 2.95. The summed E-state index contributed by atoms with van der Waals surface area (Å²) in [5.74, 6) is 1.74. The van der Waals surface area contributed by atoms with Crippen LogP contribution in [0.15, 0.2) is 42.5 Å². The molecule has 150 valence electrons. The minimum absolute atomic E-state index is 0.0377. The number of amides is 2. The van der Waals surface area contributed by atoms with Gasteiger partial charge in [0.15, 0.2) is 0 Å². The van der Waals surface area contributed by atoms with Gasteiger partial charge in [-0.15, -0.1) is 0 Å². The minimum atomic E-state index is -0.0377. The number of hydrogen-bond acceptors (Lipinski definition) is 4. The molecule has 0 atom stereocenters. The van der Waals surface area contributed by atoms with E-state index in [1.54, 1.807) is 7.11 Å². The molecule has 0 bridgehead atoms. The van der Waals surface area contributed by atoms with Crippen molar-refractivity contribution in [2.75, 3.05) is 51.3 Å². The van der Waals surface area contributed by atoms with Gasteiger partial charge in [-0.1, -0.05) is 24.3 Å². The zero-order valence-corrected chi connectivity index (χ0v) is 16.9. The molecule has 1 aliphatic heterocycles. The number of hydrogen-bond donors (Lipinski definition) is 1. The first-order valence-electron chi connectivity index (χ1n) is 9.69. The van der Waals surface area contributed by atoms with Crippen LogP contribution >= 0.6 is 0 Å². The van der Waals surface area contributed by atoms with Gasteiger partial charge in [0, 0.05) is 26.2 Å². The number of rotatable bonds is 6. The molecule has 2 aromatic carbocycles. The molecule has 1 fully saturated rings. The van der Waals surface area contributed by atoms with Gasteiger partial charge in [-0.3, -0.25) is 0 Å². The summed E-state index contributed by atoms with van der Waals surface area (Å²) in [7, 11) is 1.68. The van der Waals surface area contributed by atoms with Gasteiger partial charge in [-0.25, -0.2) is 4.79 Å². The van der Waals surface area contributed by atoms with Crippen molar-refractivity contribution < 1.29 is 14.3 Å².